The summed E-state index contributed by atoms with van der Waals surface area (Å²) >= 11 is 11.1. The number of benzene rings is 1. The van der Waals surface area contributed by atoms with Gasteiger partial charge in [0.2, 0.25) is 0 Å². The molecule has 3 rings (SSSR count). The zero-order valence-electron chi connectivity index (χ0n) is 11.8. The Morgan fingerprint density at radius 1 is 1.36 bits per heavy atom. The number of H-pyrrole nitrogens is 1. The van der Waals surface area contributed by atoms with E-state index in [0.29, 0.717) is 28.3 Å². The number of carbonyl (C=O) groups is 1. The fourth-order valence-corrected chi connectivity index (χ4v) is 2.91. The number of aromatic nitrogens is 1. The van der Waals surface area contributed by atoms with Crippen LogP contribution in [0.25, 0.3) is 0 Å². The minimum Gasteiger partial charge on any atom is -0.488 e. The van der Waals surface area contributed by atoms with Crippen molar-refractivity contribution >= 4 is 29.7 Å². The molecule has 0 spiro atoms. The van der Waals surface area contributed by atoms with E-state index in [0.717, 1.165) is 12.2 Å². The number of ether oxygens (including phenoxy) is 1. The van der Waals surface area contributed by atoms with Crippen LogP contribution in [-0.2, 0) is 0 Å². The lowest BCUT2D eigenvalue weighted by Gasteiger charge is -2.17. The van der Waals surface area contributed by atoms with Crippen LogP contribution in [0.5, 0.6) is 5.75 Å². The van der Waals surface area contributed by atoms with Gasteiger partial charge in [-0.15, -0.1) is 0 Å². The summed E-state index contributed by atoms with van der Waals surface area (Å²) in [5, 5.41) is 0.638. The fourth-order valence-electron chi connectivity index (χ4n) is 2.50. The Morgan fingerprint density at radius 3 is 3.00 bits per heavy atom. The number of hydrogen-bond donors (Lipinski definition) is 1. The van der Waals surface area contributed by atoms with Crippen molar-refractivity contribution in [1.29, 1.82) is 0 Å². The van der Waals surface area contributed by atoms with E-state index in [1.54, 1.807) is 35.4 Å². The third-order valence-electron chi connectivity index (χ3n) is 3.58. The summed E-state index contributed by atoms with van der Waals surface area (Å²) in [5.74, 6) is 0.669. The normalized spacial score (nSPS) is 17.5. The van der Waals surface area contributed by atoms with E-state index in [-0.39, 0.29) is 12.0 Å². The second-order valence-corrected chi connectivity index (χ2v) is 5.99. The molecular weight excluding hydrogens is 320 g/mol. The Labute approximate surface area is 138 Å². The minimum absolute atomic E-state index is 0.0244. The summed E-state index contributed by atoms with van der Waals surface area (Å²) in [7, 11) is 0. The van der Waals surface area contributed by atoms with E-state index >= 15 is 0 Å². The van der Waals surface area contributed by atoms with Crippen LogP contribution in [-0.4, -0.2) is 35.0 Å². The van der Waals surface area contributed by atoms with Crippen molar-refractivity contribution in [3.8, 4) is 5.75 Å². The molecule has 0 aliphatic carbocycles. The van der Waals surface area contributed by atoms with E-state index < -0.39 is 0 Å². The van der Waals surface area contributed by atoms with Crippen LogP contribution in [0.15, 0.2) is 42.6 Å². The van der Waals surface area contributed by atoms with Crippen LogP contribution in [0.2, 0.25) is 5.02 Å². The van der Waals surface area contributed by atoms with Gasteiger partial charge in [0.05, 0.1) is 12.1 Å². The molecule has 1 fully saturated rings. The molecule has 1 atom stereocenters. The van der Waals surface area contributed by atoms with Crippen LogP contribution >= 0.6 is 23.8 Å². The highest BCUT2D eigenvalue weighted by Gasteiger charge is 2.28. The zero-order valence-corrected chi connectivity index (χ0v) is 13.4. The lowest BCUT2D eigenvalue weighted by Crippen LogP contribution is -2.31. The molecule has 0 saturated carbocycles. The molecule has 1 amide bonds. The number of halogens is 1. The first-order valence-corrected chi connectivity index (χ1v) is 7.81. The Kier molecular flexibility index (Phi) is 4.45. The molecule has 4 nitrogen and oxygen atoms in total. The maximum Gasteiger partial charge on any atom is 0.256 e. The molecular formula is C16H15ClN2O2S. The molecule has 114 valence electrons. The molecule has 6 heteroatoms. The van der Waals surface area contributed by atoms with Gasteiger partial charge in [0, 0.05) is 24.2 Å². The van der Waals surface area contributed by atoms with Gasteiger partial charge in [-0.25, -0.2) is 0 Å². The molecule has 2 aromatic rings. The summed E-state index contributed by atoms with van der Waals surface area (Å²) in [4.78, 5) is 17.1. The van der Waals surface area contributed by atoms with Gasteiger partial charge in [0.1, 0.15) is 16.5 Å². The second kappa shape index (κ2) is 6.50. The number of nitrogens with one attached hydrogen (secondary N) is 1. The van der Waals surface area contributed by atoms with E-state index in [2.05, 4.69) is 4.98 Å². The van der Waals surface area contributed by atoms with Crippen molar-refractivity contribution in [3.63, 3.8) is 0 Å². The quantitative estimate of drug-likeness (QED) is 0.871. The number of nitrogens with zero attached hydrogens (tertiary/aromatic N) is 1. The number of hydrogen-bond acceptors (Lipinski definition) is 3. The highest BCUT2D eigenvalue weighted by Crippen LogP contribution is 2.22. The molecule has 1 aromatic carbocycles. The van der Waals surface area contributed by atoms with Gasteiger partial charge < -0.3 is 14.6 Å². The first-order chi connectivity index (χ1) is 10.6. The Hall–Kier alpha value is -1.85. The van der Waals surface area contributed by atoms with Gasteiger partial charge in [-0.2, -0.15) is 0 Å². The van der Waals surface area contributed by atoms with E-state index in [9.17, 15) is 4.79 Å². The van der Waals surface area contributed by atoms with Crippen molar-refractivity contribution in [1.82, 2.24) is 9.88 Å². The average Bonchev–Trinajstić information content (AvgIpc) is 2.95. The van der Waals surface area contributed by atoms with Gasteiger partial charge in [0.15, 0.2) is 0 Å². The Bertz CT molecular complexity index is 747. The largest absolute Gasteiger partial charge is 0.488 e. The second-order valence-electron chi connectivity index (χ2n) is 5.15. The molecule has 22 heavy (non-hydrogen) atoms. The molecule has 1 N–H and O–H groups in total. The maximum atomic E-state index is 12.5. The summed E-state index contributed by atoms with van der Waals surface area (Å²) < 4.78 is 6.36. The molecule has 0 unspecified atom stereocenters. The minimum atomic E-state index is -0.0564. The van der Waals surface area contributed by atoms with Crippen molar-refractivity contribution < 1.29 is 9.53 Å². The fraction of sp³-hybridized carbons (Fsp3) is 0.250. The summed E-state index contributed by atoms with van der Waals surface area (Å²) in [5.41, 5.74) is 0.529. The molecule has 1 aromatic heterocycles. The predicted molar refractivity (Wildman–Crippen MR) is 88.0 cm³/mol. The predicted octanol–water partition coefficient (Wildman–Crippen LogP) is 3.69. The van der Waals surface area contributed by atoms with Crippen LogP contribution in [0.4, 0.5) is 0 Å². The highest BCUT2D eigenvalue weighted by atomic mass is 35.5. The van der Waals surface area contributed by atoms with Crippen LogP contribution in [0.3, 0.4) is 0 Å². The first kappa shape index (κ1) is 15.1. The van der Waals surface area contributed by atoms with Crippen LogP contribution < -0.4 is 4.74 Å². The van der Waals surface area contributed by atoms with E-state index in [1.807, 2.05) is 12.1 Å². The van der Waals surface area contributed by atoms with Crippen molar-refractivity contribution in [2.24, 2.45) is 0 Å². The lowest BCUT2D eigenvalue weighted by molar-refractivity contribution is 0.0771. The SMILES string of the molecule is O=C(c1ccc[nH]c1=S)N1CC[C@H](Oc2cccc(Cl)c2)C1. The number of pyridine rings is 1. The Balaban J connectivity index is 1.66. The number of carbonyl (C=O) groups excluding carboxylic acids is 1. The number of amides is 1. The highest BCUT2D eigenvalue weighted by molar-refractivity contribution is 7.71. The van der Waals surface area contributed by atoms with E-state index in [4.69, 9.17) is 28.6 Å². The molecule has 1 aliphatic heterocycles. The van der Waals surface area contributed by atoms with Crippen molar-refractivity contribution in [2.75, 3.05) is 13.1 Å². The number of aromatic amines is 1. The topological polar surface area (TPSA) is 45.3 Å². The van der Waals surface area contributed by atoms with Gasteiger partial charge >= 0.3 is 0 Å². The van der Waals surface area contributed by atoms with E-state index in [1.165, 1.54) is 0 Å². The maximum absolute atomic E-state index is 12.5. The lowest BCUT2D eigenvalue weighted by atomic mass is 10.2. The van der Waals surface area contributed by atoms with Gasteiger partial charge in [-0.1, -0.05) is 29.9 Å². The third-order valence-corrected chi connectivity index (χ3v) is 4.15. The molecule has 2 heterocycles. The first-order valence-electron chi connectivity index (χ1n) is 7.02. The van der Waals surface area contributed by atoms with Gasteiger partial charge in [0.25, 0.3) is 5.91 Å². The Morgan fingerprint density at radius 2 is 2.23 bits per heavy atom. The van der Waals surface area contributed by atoms with Gasteiger partial charge in [-0.05, 0) is 30.3 Å². The van der Waals surface area contributed by atoms with Crippen LogP contribution in [0, 0.1) is 4.64 Å². The standard InChI is InChI=1S/C16H15ClN2O2S/c17-11-3-1-4-12(9-11)21-13-6-8-19(10-13)16(20)14-5-2-7-18-15(14)22/h1-5,7,9,13H,6,8,10H2,(H,18,22)/t13-/m0/s1. The van der Waals surface area contributed by atoms with Crippen LogP contribution in [0.1, 0.15) is 16.8 Å². The average molecular weight is 335 g/mol. The zero-order chi connectivity index (χ0) is 15.5. The smallest absolute Gasteiger partial charge is 0.256 e. The molecule has 1 aliphatic rings. The summed E-state index contributed by atoms with van der Waals surface area (Å²) in [6.45, 7) is 1.21. The summed E-state index contributed by atoms with van der Waals surface area (Å²) in [6, 6.07) is 10.8. The van der Waals surface area contributed by atoms with Gasteiger partial charge in [-0.3, -0.25) is 4.79 Å². The molecule has 0 radical (unpaired) electrons. The van der Waals surface area contributed by atoms with Crippen molar-refractivity contribution in [2.45, 2.75) is 12.5 Å². The third kappa shape index (κ3) is 3.31. The number of rotatable bonds is 3. The molecule has 1 saturated heterocycles. The monoisotopic (exact) mass is 334 g/mol. The number of likely N-dealkylation sites (tertiary alicyclic amines) is 1. The molecule has 0 bridgehead atoms. The summed E-state index contributed by atoms with van der Waals surface area (Å²) in [6.07, 6.45) is 2.49. The van der Waals surface area contributed by atoms with Crippen molar-refractivity contribution in [3.05, 3.63) is 57.8 Å².